The van der Waals surface area contributed by atoms with Crippen molar-refractivity contribution in [2.75, 3.05) is 24.3 Å². The highest BCUT2D eigenvalue weighted by molar-refractivity contribution is 6.05. The number of rotatable bonds is 6. The molecule has 0 aliphatic carbocycles. The first-order valence-corrected chi connectivity index (χ1v) is 12.2. The molecule has 6 rings (SSSR count). The number of anilines is 2. The lowest BCUT2D eigenvalue weighted by molar-refractivity contribution is 0.0756. The molecule has 1 aliphatic rings. The van der Waals surface area contributed by atoms with Crippen LogP contribution in [0.3, 0.4) is 0 Å². The molecule has 0 radical (unpaired) electrons. The van der Waals surface area contributed by atoms with Gasteiger partial charge in [0.2, 0.25) is 0 Å². The van der Waals surface area contributed by atoms with Gasteiger partial charge in [0.25, 0.3) is 11.5 Å². The van der Waals surface area contributed by atoms with Gasteiger partial charge < -0.3 is 25.5 Å². The summed E-state index contributed by atoms with van der Waals surface area (Å²) in [5, 5.41) is 13.0. The molecule has 5 aromatic rings. The lowest BCUT2D eigenvalue weighted by atomic mass is 10.1. The van der Waals surface area contributed by atoms with Crippen LogP contribution in [0.2, 0.25) is 0 Å². The third-order valence-electron chi connectivity index (χ3n) is 6.64. The highest BCUT2D eigenvalue weighted by Crippen LogP contribution is 2.33. The van der Waals surface area contributed by atoms with Crippen LogP contribution in [0.15, 0.2) is 71.9 Å². The average molecular weight is 512 g/mol. The lowest BCUT2D eigenvalue weighted by Crippen LogP contribution is -2.26. The minimum Gasteiger partial charge on any atom is -0.395 e. The predicted octanol–water partition coefficient (Wildman–Crippen LogP) is 2.41. The summed E-state index contributed by atoms with van der Waals surface area (Å²) < 4.78 is 10.8. The smallest absolute Gasteiger partial charge is 0.284 e. The standard InChI is InChI=1S/C27H25N7O4/c28-24-22-20(14-32(10-12-35)25(22)30-16-29-24)17-6-8-18(9-7-17)31-26(36)23-21-15-38-13-11-33(21)34(27(23)37)19-4-2-1-3-5-19/h1-9,14,16,35H,10-13,15H2,(H,31,36)(H2,28,29,30). The van der Waals surface area contributed by atoms with Crippen LogP contribution in [0, 0.1) is 0 Å². The van der Waals surface area contributed by atoms with Gasteiger partial charge in [-0.3, -0.25) is 14.3 Å². The summed E-state index contributed by atoms with van der Waals surface area (Å²) in [4.78, 5) is 35.2. The first-order valence-electron chi connectivity index (χ1n) is 12.2. The number of aromatic nitrogens is 5. The first-order chi connectivity index (χ1) is 18.6. The van der Waals surface area contributed by atoms with Gasteiger partial charge in [-0.25, -0.2) is 14.6 Å². The van der Waals surface area contributed by atoms with Gasteiger partial charge in [0.15, 0.2) is 0 Å². The molecule has 4 N–H and O–H groups in total. The Morgan fingerprint density at radius 3 is 2.66 bits per heavy atom. The number of carbonyl (C=O) groups excluding carboxylic acids is 1. The van der Waals surface area contributed by atoms with Crippen LogP contribution in [0.4, 0.5) is 11.5 Å². The zero-order valence-electron chi connectivity index (χ0n) is 20.4. The summed E-state index contributed by atoms with van der Waals surface area (Å²) in [6.07, 6.45) is 3.27. The summed E-state index contributed by atoms with van der Waals surface area (Å²) in [5.41, 5.74) is 9.88. The number of nitrogen functional groups attached to an aromatic ring is 1. The number of fused-ring (bicyclic) bond motifs is 2. The largest absolute Gasteiger partial charge is 0.395 e. The van der Waals surface area contributed by atoms with Crippen LogP contribution in [-0.2, 0) is 24.4 Å². The molecule has 11 nitrogen and oxygen atoms in total. The Kier molecular flexibility index (Phi) is 5.98. The maximum atomic E-state index is 13.4. The predicted molar refractivity (Wildman–Crippen MR) is 142 cm³/mol. The highest BCUT2D eigenvalue weighted by atomic mass is 16.5. The van der Waals surface area contributed by atoms with E-state index in [1.807, 2.05) is 57.9 Å². The summed E-state index contributed by atoms with van der Waals surface area (Å²) in [7, 11) is 0. The van der Waals surface area contributed by atoms with Gasteiger partial charge in [0.05, 0.1) is 43.1 Å². The van der Waals surface area contributed by atoms with Gasteiger partial charge >= 0.3 is 0 Å². The number of hydrogen-bond donors (Lipinski definition) is 3. The number of nitrogens with zero attached hydrogens (tertiary/aromatic N) is 5. The number of nitrogens with one attached hydrogen (secondary N) is 1. The van der Waals surface area contributed by atoms with Gasteiger partial charge in [-0.15, -0.1) is 0 Å². The summed E-state index contributed by atoms with van der Waals surface area (Å²) in [5.74, 6) is -0.154. The van der Waals surface area contributed by atoms with E-state index in [9.17, 15) is 14.7 Å². The Hall–Kier alpha value is -4.74. The molecular formula is C27H25N7O4. The van der Waals surface area contributed by atoms with Crippen molar-refractivity contribution in [1.82, 2.24) is 23.9 Å². The topological polar surface area (TPSA) is 142 Å². The Labute approximate surface area is 216 Å². The molecular weight excluding hydrogens is 486 g/mol. The molecule has 1 amide bonds. The Morgan fingerprint density at radius 2 is 1.89 bits per heavy atom. The number of nitrogens with two attached hydrogens (primary N) is 1. The molecule has 0 atom stereocenters. The Morgan fingerprint density at radius 1 is 1.11 bits per heavy atom. The maximum absolute atomic E-state index is 13.4. The number of aliphatic hydroxyl groups is 1. The quantitative estimate of drug-likeness (QED) is 0.318. The van der Waals surface area contributed by atoms with E-state index in [-0.39, 0.29) is 18.8 Å². The Bertz CT molecular complexity index is 1700. The van der Waals surface area contributed by atoms with Crippen molar-refractivity contribution in [1.29, 1.82) is 0 Å². The van der Waals surface area contributed by atoms with Crippen LogP contribution < -0.4 is 16.6 Å². The van der Waals surface area contributed by atoms with Gasteiger partial charge in [0, 0.05) is 24.0 Å². The molecule has 0 fully saturated rings. The van der Waals surface area contributed by atoms with Crippen LogP contribution in [0.1, 0.15) is 16.1 Å². The van der Waals surface area contributed by atoms with E-state index in [2.05, 4.69) is 15.3 Å². The second-order valence-electron chi connectivity index (χ2n) is 8.90. The summed E-state index contributed by atoms with van der Waals surface area (Å²) in [6, 6.07) is 16.5. The van der Waals surface area contributed by atoms with Gasteiger partial charge in [-0.05, 0) is 29.8 Å². The fourth-order valence-electron chi connectivity index (χ4n) is 4.92. The molecule has 4 heterocycles. The molecule has 38 heavy (non-hydrogen) atoms. The first kappa shape index (κ1) is 23.6. The van der Waals surface area contributed by atoms with Crippen molar-refractivity contribution in [3.63, 3.8) is 0 Å². The van der Waals surface area contributed by atoms with Gasteiger partial charge in [-0.1, -0.05) is 30.3 Å². The molecule has 11 heteroatoms. The van der Waals surface area contributed by atoms with Crippen molar-refractivity contribution >= 4 is 28.4 Å². The van der Waals surface area contributed by atoms with Gasteiger partial charge in [-0.2, -0.15) is 0 Å². The zero-order valence-corrected chi connectivity index (χ0v) is 20.4. The number of carbonyl (C=O) groups is 1. The van der Waals surface area contributed by atoms with Crippen LogP contribution in [-0.4, -0.2) is 48.1 Å². The number of ether oxygens (including phenoxy) is 1. The number of para-hydroxylation sites is 1. The second-order valence-corrected chi connectivity index (χ2v) is 8.90. The normalized spacial score (nSPS) is 13.0. The fraction of sp³-hybridized carbons (Fsp3) is 0.185. The van der Waals surface area contributed by atoms with Crippen molar-refractivity contribution in [2.45, 2.75) is 19.7 Å². The van der Waals surface area contributed by atoms with E-state index in [0.717, 1.165) is 11.1 Å². The van der Waals surface area contributed by atoms with Crippen molar-refractivity contribution in [3.05, 3.63) is 88.7 Å². The lowest BCUT2D eigenvalue weighted by Gasteiger charge is -2.19. The van der Waals surface area contributed by atoms with E-state index in [1.54, 1.807) is 12.1 Å². The molecule has 0 unspecified atom stereocenters. The van der Waals surface area contributed by atoms with E-state index in [0.29, 0.717) is 53.6 Å². The summed E-state index contributed by atoms with van der Waals surface area (Å²) in [6.45, 7) is 1.43. The van der Waals surface area contributed by atoms with Crippen LogP contribution in [0.5, 0.6) is 0 Å². The minimum atomic E-state index is -0.496. The molecule has 2 aromatic carbocycles. The molecule has 3 aromatic heterocycles. The minimum absolute atomic E-state index is 0.0428. The third kappa shape index (κ3) is 3.94. The molecule has 0 spiro atoms. The van der Waals surface area contributed by atoms with Crippen molar-refractivity contribution in [2.24, 2.45) is 0 Å². The number of aliphatic hydroxyl groups excluding tert-OH is 1. The fourth-order valence-corrected chi connectivity index (χ4v) is 4.92. The Balaban J connectivity index is 1.32. The van der Waals surface area contributed by atoms with Crippen molar-refractivity contribution in [3.8, 4) is 16.8 Å². The van der Waals surface area contributed by atoms with E-state index in [1.165, 1.54) is 11.0 Å². The molecule has 0 bridgehead atoms. The molecule has 192 valence electrons. The molecule has 1 aliphatic heterocycles. The monoisotopic (exact) mass is 511 g/mol. The molecule has 0 saturated carbocycles. The van der Waals surface area contributed by atoms with Crippen molar-refractivity contribution < 1.29 is 14.6 Å². The number of benzene rings is 2. The van der Waals surface area contributed by atoms with Gasteiger partial charge in [0.1, 0.15) is 23.4 Å². The van der Waals surface area contributed by atoms with E-state index >= 15 is 0 Å². The highest BCUT2D eigenvalue weighted by Gasteiger charge is 2.28. The van der Waals surface area contributed by atoms with Crippen LogP contribution in [0.25, 0.3) is 27.8 Å². The van der Waals surface area contributed by atoms with E-state index < -0.39 is 11.5 Å². The number of hydrogen-bond acceptors (Lipinski definition) is 7. The van der Waals surface area contributed by atoms with Crippen LogP contribution >= 0.6 is 0 Å². The number of amides is 1. The SMILES string of the molecule is Nc1ncnc2c1c(-c1ccc(NC(=O)c3c4n(n(-c5ccccc5)c3=O)CCOC4)cc1)cn2CCO. The third-order valence-corrected chi connectivity index (χ3v) is 6.64. The molecule has 0 saturated heterocycles. The average Bonchev–Trinajstić information content (AvgIpc) is 3.45. The van der Waals surface area contributed by atoms with E-state index in [4.69, 9.17) is 10.5 Å². The summed E-state index contributed by atoms with van der Waals surface area (Å²) >= 11 is 0. The zero-order chi connectivity index (χ0) is 26.2. The maximum Gasteiger partial charge on any atom is 0.284 e. The second kappa shape index (κ2) is 9.61.